The second-order valence-corrected chi connectivity index (χ2v) is 9.74. The number of aryl methyl sites for hydroxylation is 2. The molecule has 0 radical (unpaired) electrons. The molecule has 1 saturated heterocycles. The maximum Gasteiger partial charge on any atom is 0.244 e. The van der Waals surface area contributed by atoms with Crippen molar-refractivity contribution in [1.29, 1.82) is 5.26 Å². The minimum absolute atomic E-state index is 0.0803. The lowest BCUT2D eigenvalue weighted by Gasteiger charge is -2.34. The van der Waals surface area contributed by atoms with E-state index in [4.69, 9.17) is 4.52 Å². The molecule has 0 bridgehead atoms. The van der Waals surface area contributed by atoms with Crippen molar-refractivity contribution >= 4 is 10.0 Å². The fourth-order valence-corrected chi connectivity index (χ4v) is 5.31. The molecular weight excluding hydrogens is 426 g/mol. The number of rotatable bonds is 7. The van der Waals surface area contributed by atoms with Crippen molar-refractivity contribution in [3.8, 4) is 17.5 Å². The predicted molar refractivity (Wildman–Crippen MR) is 119 cm³/mol. The van der Waals surface area contributed by atoms with E-state index in [0.717, 1.165) is 18.5 Å². The quantitative estimate of drug-likeness (QED) is 0.544. The van der Waals surface area contributed by atoms with Crippen LogP contribution in [0.2, 0.25) is 0 Å². The number of nitrogens with zero attached hydrogens (tertiary/aromatic N) is 5. The van der Waals surface area contributed by atoms with Crippen LogP contribution in [-0.4, -0.2) is 60.5 Å². The Morgan fingerprint density at radius 2 is 1.78 bits per heavy atom. The molecule has 1 aromatic heterocycles. The Kier molecular flexibility index (Phi) is 6.65. The van der Waals surface area contributed by atoms with E-state index >= 15 is 0 Å². The van der Waals surface area contributed by atoms with E-state index in [1.165, 1.54) is 22.0 Å². The van der Waals surface area contributed by atoms with E-state index in [1.54, 1.807) is 12.1 Å². The lowest BCUT2D eigenvalue weighted by atomic mass is 10.1. The summed E-state index contributed by atoms with van der Waals surface area (Å²) in [4.78, 5) is 6.79. The second-order valence-electron chi connectivity index (χ2n) is 7.83. The Hall–Kier alpha value is -3.06. The Morgan fingerprint density at radius 1 is 1.06 bits per heavy atom. The van der Waals surface area contributed by atoms with Crippen LogP contribution in [0.4, 0.5) is 0 Å². The molecule has 8 nitrogen and oxygen atoms in total. The van der Waals surface area contributed by atoms with E-state index in [2.05, 4.69) is 15.0 Å². The second kappa shape index (κ2) is 9.61. The third-order valence-electron chi connectivity index (χ3n) is 5.60. The normalized spacial score (nSPS) is 15.5. The fourth-order valence-electron chi connectivity index (χ4n) is 3.75. The highest BCUT2D eigenvalue weighted by atomic mass is 32.2. The lowest BCUT2D eigenvalue weighted by Crippen LogP contribution is -2.48. The van der Waals surface area contributed by atoms with Gasteiger partial charge in [-0.1, -0.05) is 47.1 Å². The van der Waals surface area contributed by atoms with Crippen LogP contribution in [0.15, 0.2) is 57.9 Å². The molecule has 0 saturated carbocycles. The van der Waals surface area contributed by atoms with Crippen LogP contribution in [0, 0.1) is 18.3 Å². The van der Waals surface area contributed by atoms with Crippen molar-refractivity contribution in [2.24, 2.45) is 0 Å². The van der Waals surface area contributed by atoms with Gasteiger partial charge in [0.15, 0.2) is 0 Å². The zero-order valence-electron chi connectivity index (χ0n) is 17.9. The first-order valence-electron chi connectivity index (χ1n) is 10.6. The molecule has 2 aromatic carbocycles. The van der Waals surface area contributed by atoms with Gasteiger partial charge in [0.05, 0.1) is 10.5 Å². The smallest absolute Gasteiger partial charge is 0.244 e. The zero-order chi connectivity index (χ0) is 22.6. The number of piperazine rings is 1. The minimum atomic E-state index is -3.67. The highest BCUT2D eigenvalue weighted by Crippen LogP contribution is 2.21. The first kappa shape index (κ1) is 22.1. The van der Waals surface area contributed by atoms with Gasteiger partial charge in [0.1, 0.15) is 6.07 Å². The molecule has 1 aliphatic heterocycles. The summed E-state index contributed by atoms with van der Waals surface area (Å²) in [6.45, 7) is 4.95. The summed E-state index contributed by atoms with van der Waals surface area (Å²) in [5, 5.41) is 13.3. The molecule has 2 heterocycles. The van der Waals surface area contributed by atoms with Crippen LogP contribution in [0.3, 0.4) is 0 Å². The zero-order valence-corrected chi connectivity index (χ0v) is 18.8. The molecule has 166 valence electrons. The molecule has 0 atom stereocenters. The number of benzene rings is 2. The summed E-state index contributed by atoms with van der Waals surface area (Å²) in [7, 11) is -3.67. The summed E-state index contributed by atoms with van der Waals surface area (Å²) < 4.78 is 32.7. The summed E-state index contributed by atoms with van der Waals surface area (Å²) in [5.41, 5.74) is 2.29. The summed E-state index contributed by atoms with van der Waals surface area (Å²) in [6.07, 6.45) is 1.52. The molecule has 0 amide bonds. The maximum absolute atomic E-state index is 12.9. The van der Waals surface area contributed by atoms with Gasteiger partial charge in [-0.2, -0.15) is 14.6 Å². The number of nitriles is 1. The third kappa shape index (κ3) is 4.88. The molecule has 0 spiro atoms. The van der Waals surface area contributed by atoms with Crippen LogP contribution < -0.4 is 0 Å². The Labute approximate surface area is 188 Å². The summed E-state index contributed by atoms with van der Waals surface area (Å²) in [6, 6.07) is 16.3. The lowest BCUT2D eigenvalue weighted by molar-refractivity contribution is 0.185. The van der Waals surface area contributed by atoms with Gasteiger partial charge in [0.25, 0.3) is 0 Å². The van der Waals surface area contributed by atoms with E-state index in [0.29, 0.717) is 44.3 Å². The first-order chi connectivity index (χ1) is 15.5. The molecule has 0 aliphatic carbocycles. The molecule has 1 fully saturated rings. The van der Waals surface area contributed by atoms with Crippen molar-refractivity contribution in [3.63, 3.8) is 0 Å². The van der Waals surface area contributed by atoms with Gasteiger partial charge in [-0.05, 0) is 32.0 Å². The Bertz CT molecular complexity index is 1210. The first-order valence-corrected chi connectivity index (χ1v) is 12.0. The predicted octanol–water partition coefficient (Wildman–Crippen LogP) is 2.86. The molecule has 1 aliphatic rings. The van der Waals surface area contributed by atoms with E-state index in [1.807, 2.05) is 37.3 Å². The molecular formula is C23H25N5O3S. The fraction of sp³-hybridized carbons (Fsp3) is 0.348. The van der Waals surface area contributed by atoms with Crippen LogP contribution in [0.25, 0.3) is 11.4 Å². The van der Waals surface area contributed by atoms with Crippen molar-refractivity contribution in [2.45, 2.75) is 24.7 Å². The van der Waals surface area contributed by atoms with Gasteiger partial charge in [-0.25, -0.2) is 8.42 Å². The average molecular weight is 452 g/mol. The molecule has 32 heavy (non-hydrogen) atoms. The van der Waals surface area contributed by atoms with Crippen molar-refractivity contribution in [3.05, 3.63) is 65.5 Å². The molecule has 3 aromatic rings. The van der Waals surface area contributed by atoms with Gasteiger partial charge in [-0.3, -0.25) is 0 Å². The van der Waals surface area contributed by atoms with E-state index in [-0.39, 0.29) is 10.5 Å². The van der Waals surface area contributed by atoms with Gasteiger partial charge < -0.3 is 9.42 Å². The molecule has 0 N–H and O–H groups in total. The highest BCUT2D eigenvalue weighted by molar-refractivity contribution is 7.89. The number of hydrogen-bond donors (Lipinski definition) is 0. The third-order valence-corrected chi connectivity index (χ3v) is 7.56. The van der Waals surface area contributed by atoms with Gasteiger partial charge in [0, 0.05) is 38.2 Å². The van der Waals surface area contributed by atoms with Crippen LogP contribution in [0.5, 0.6) is 0 Å². The average Bonchev–Trinajstić information content (AvgIpc) is 3.29. The molecule has 9 heteroatoms. The number of hydrogen-bond acceptors (Lipinski definition) is 7. The molecule has 0 unspecified atom stereocenters. The Morgan fingerprint density at radius 3 is 2.50 bits per heavy atom. The molecule has 4 rings (SSSR count). The van der Waals surface area contributed by atoms with Gasteiger partial charge >= 0.3 is 0 Å². The van der Waals surface area contributed by atoms with E-state index < -0.39 is 10.0 Å². The van der Waals surface area contributed by atoms with Crippen molar-refractivity contribution in [2.75, 3.05) is 32.7 Å². The summed E-state index contributed by atoms with van der Waals surface area (Å²) in [5.74, 6) is 1.20. The largest absolute Gasteiger partial charge is 0.339 e. The van der Waals surface area contributed by atoms with Crippen molar-refractivity contribution in [1.82, 2.24) is 19.3 Å². The Balaban J connectivity index is 1.27. The monoisotopic (exact) mass is 451 g/mol. The number of sulfonamides is 1. The maximum atomic E-state index is 12.9. The highest BCUT2D eigenvalue weighted by Gasteiger charge is 2.30. The van der Waals surface area contributed by atoms with Crippen LogP contribution in [-0.2, 0) is 16.4 Å². The van der Waals surface area contributed by atoms with Crippen LogP contribution >= 0.6 is 0 Å². The van der Waals surface area contributed by atoms with E-state index in [9.17, 15) is 13.7 Å². The SMILES string of the molecule is Cc1ccc(-c2noc(CCCN3CCN(S(=O)(=O)c4ccccc4C#N)CC3)n2)cc1. The van der Waals surface area contributed by atoms with Gasteiger partial charge in [0.2, 0.25) is 21.7 Å². The van der Waals surface area contributed by atoms with Crippen molar-refractivity contribution < 1.29 is 12.9 Å². The minimum Gasteiger partial charge on any atom is -0.339 e. The van der Waals surface area contributed by atoms with Gasteiger partial charge in [-0.15, -0.1) is 0 Å². The topological polar surface area (TPSA) is 103 Å². The summed E-state index contributed by atoms with van der Waals surface area (Å²) >= 11 is 0. The van der Waals surface area contributed by atoms with Crippen LogP contribution in [0.1, 0.15) is 23.4 Å². The number of aromatic nitrogens is 2. The standard InChI is InChI=1S/C23H25N5O3S/c1-18-8-10-19(11-9-18)23-25-22(31-26-23)7-4-12-27-13-15-28(16-14-27)32(29,30)21-6-3-2-5-20(21)17-24/h2-3,5-6,8-11H,4,7,12-16H2,1H3.